The highest BCUT2D eigenvalue weighted by atomic mass is 16.5. The largest absolute Gasteiger partial charge is 0.493 e. The summed E-state index contributed by atoms with van der Waals surface area (Å²) in [6.45, 7) is 9.99. The molecule has 3 aromatic rings. The van der Waals surface area contributed by atoms with E-state index in [2.05, 4.69) is 37.1 Å². The van der Waals surface area contributed by atoms with Gasteiger partial charge in [-0.05, 0) is 75.3 Å². The van der Waals surface area contributed by atoms with E-state index in [1.807, 2.05) is 48.6 Å². The molecule has 1 aromatic heterocycles. The predicted molar refractivity (Wildman–Crippen MR) is 138 cm³/mol. The number of anilines is 1. The summed E-state index contributed by atoms with van der Waals surface area (Å²) in [7, 11) is 3.27. The zero-order chi connectivity index (χ0) is 23.6. The molecule has 0 radical (unpaired) electrons. The van der Waals surface area contributed by atoms with Crippen LogP contribution in [0.3, 0.4) is 0 Å². The molecule has 1 N–H and O–H groups in total. The first-order valence-corrected chi connectivity index (χ1v) is 11.7. The minimum absolute atomic E-state index is 0.321. The zero-order valence-electron chi connectivity index (χ0n) is 20.5. The monoisotopic (exact) mass is 448 g/mol. The number of hydrogen-bond acceptors (Lipinski definition) is 6. The van der Waals surface area contributed by atoms with Crippen molar-refractivity contribution in [2.75, 3.05) is 39.2 Å². The van der Waals surface area contributed by atoms with Crippen molar-refractivity contribution in [2.24, 2.45) is 0 Å². The Balaban J connectivity index is 1.78. The lowest BCUT2D eigenvalue weighted by atomic mass is 10.1. The Labute approximate surface area is 197 Å². The highest BCUT2D eigenvalue weighted by molar-refractivity contribution is 5.90. The Kier molecular flexibility index (Phi) is 9.07. The minimum atomic E-state index is 0.321. The molecule has 1 unspecified atom stereocenters. The summed E-state index contributed by atoms with van der Waals surface area (Å²) in [6.07, 6.45) is 6.17. The third-order valence-electron chi connectivity index (χ3n) is 5.84. The van der Waals surface area contributed by atoms with Gasteiger partial charge in [0.2, 0.25) is 0 Å². The summed E-state index contributed by atoms with van der Waals surface area (Å²) in [4.78, 5) is 12.0. The topological polar surface area (TPSA) is 59.5 Å². The van der Waals surface area contributed by atoms with E-state index in [1.54, 1.807) is 14.2 Å². The Bertz CT molecular complexity index is 1060. The molecule has 0 fully saturated rings. The van der Waals surface area contributed by atoms with Crippen molar-refractivity contribution in [1.29, 1.82) is 0 Å². The van der Waals surface area contributed by atoms with Crippen LogP contribution in [0.25, 0.3) is 23.1 Å². The van der Waals surface area contributed by atoms with Crippen molar-refractivity contribution in [3.8, 4) is 11.5 Å². The number of para-hydroxylation sites is 1. The fourth-order valence-electron chi connectivity index (χ4n) is 3.87. The van der Waals surface area contributed by atoms with E-state index in [9.17, 15) is 0 Å². The van der Waals surface area contributed by atoms with Crippen LogP contribution in [-0.4, -0.2) is 54.8 Å². The summed E-state index contributed by atoms with van der Waals surface area (Å²) in [6, 6.07) is 14.3. The van der Waals surface area contributed by atoms with Crippen molar-refractivity contribution >= 4 is 28.9 Å². The van der Waals surface area contributed by atoms with Gasteiger partial charge in [0.15, 0.2) is 17.3 Å². The van der Waals surface area contributed by atoms with Gasteiger partial charge < -0.3 is 19.7 Å². The van der Waals surface area contributed by atoms with Gasteiger partial charge in [-0.3, -0.25) is 0 Å². The number of benzene rings is 2. The van der Waals surface area contributed by atoms with Crippen LogP contribution in [0, 0.1) is 0 Å². The maximum Gasteiger partial charge on any atom is 0.161 e. The van der Waals surface area contributed by atoms with E-state index in [-0.39, 0.29) is 0 Å². The van der Waals surface area contributed by atoms with Crippen molar-refractivity contribution in [2.45, 2.75) is 39.7 Å². The number of ether oxygens (including phenoxy) is 2. The fraction of sp³-hybridized carbons (Fsp3) is 0.407. The van der Waals surface area contributed by atoms with Crippen LogP contribution in [0.15, 0.2) is 42.5 Å². The van der Waals surface area contributed by atoms with E-state index in [0.717, 1.165) is 54.8 Å². The first-order chi connectivity index (χ1) is 16.1. The molecule has 176 valence electrons. The third-order valence-corrected chi connectivity index (χ3v) is 5.84. The van der Waals surface area contributed by atoms with Crippen LogP contribution in [0.1, 0.15) is 45.0 Å². The van der Waals surface area contributed by atoms with Gasteiger partial charge >= 0.3 is 0 Å². The molecule has 0 saturated carbocycles. The lowest BCUT2D eigenvalue weighted by Crippen LogP contribution is -2.25. The molecular formula is C27H36N4O2. The summed E-state index contributed by atoms with van der Waals surface area (Å²) in [5, 5.41) is 4.66. The summed E-state index contributed by atoms with van der Waals surface area (Å²) >= 11 is 0. The van der Waals surface area contributed by atoms with E-state index in [4.69, 9.17) is 19.4 Å². The molecule has 0 spiro atoms. The van der Waals surface area contributed by atoms with Gasteiger partial charge in [0, 0.05) is 11.4 Å². The molecule has 0 aliphatic carbocycles. The van der Waals surface area contributed by atoms with Gasteiger partial charge in [0.05, 0.1) is 19.7 Å². The van der Waals surface area contributed by atoms with Crippen LogP contribution in [0.4, 0.5) is 5.82 Å². The lowest BCUT2D eigenvalue weighted by molar-refractivity contribution is 0.295. The Morgan fingerprint density at radius 1 is 0.970 bits per heavy atom. The van der Waals surface area contributed by atoms with Gasteiger partial charge in [-0.2, -0.15) is 0 Å². The van der Waals surface area contributed by atoms with E-state index in [0.29, 0.717) is 23.4 Å². The molecule has 1 atom stereocenters. The second kappa shape index (κ2) is 12.2. The van der Waals surface area contributed by atoms with Gasteiger partial charge in [0.1, 0.15) is 5.82 Å². The average molecular weight is 449 g/mol. The van der Waals surface area contributed by atoms with Gasteiger partial charge in [0.25, 0.3) is 0 Å². The molecule has 0 aliphatic heterocycles. The van der Waals surface area contributed by atoms with Crippen molar-refractivity contribution < 1.29 is 9.47 Å². The highest BCUT2D eigenvalue weighted by Gasteiger charge is 2.10. The SMILES string of the molecule is CCN(CC)CCCC(C)Nc1nc(/C=C/c2ccc(OC)c(OC)c2)nc2ccccc12. The van der Waals surface area contributed by atoms with Crippen LogP contribution < -0.4 is 14.8 Å². The second-order valence-electron chi connectivity index (χ2n) is 8.11. The smallest absolute Gasteiger partial charge is 0.161 e. The number of hydrogen-bond donors (Lipinski definition) is 1. The molecule has 6 nitrogen and oxygen atoms in total. The molecule has 6 heteroatoms. The Hall–Kier alpha value is -3.12. The lowest BCUT2D eigenvalue weighted by Gasteiger charge is -2.20. The zero-order valence-corrected chi connectivity index (χ0v) is 20.5. The molecule has 1 heterocycles. The fourth-order valence-corrected chi connectivity index (χ4v) is 3.87. The molecule has 0 amide bonds. The normalized spacial score (nSPS) is 12.4. The predicted octanol–water partition coefficient (Wildman–Crippen LogP) is 5.74. The van der Waals surface area contributed by atoms with Gasteiger partial charge in [-0.1, -0.05) is 38.1 Å². The van der Waals surface area contributed by atoms with Crippen molar-refractivity contribution in [3.63, 3.8) is 0 Å². The standard InChI is InChI=1S/C27H36N4O2/c1-6-31(7-2)18-10-11-20(3)28-27-22-12-8-9-13-23(22)29-26(30-27)17-15-21-14-16-24(32-4)25(19-21)33-5/h8-9,12-17,19-20H,6-7,10-11,18H2,1-5H3,(H,28,29,30)/b17-15+. The van der Waals surface area contributed by atoms with E-state index >= 15 is 0 Å². The number of nitrogens with zero attached hydrogens (tertiary/aromatic N) is 3. The Morgan fingerprint density at radius 2 is 1.73 bits per heavy atom. The molecule has 0 aliphatic rings. The maximum absolute atomic E-state index is 5.41. The van der Waals surface area contributed by atoms with Gasteiger partial charge in [-0.25, -0.2) is 9.97 Å². The molecule has 3 rings (SSSR count). The highest BCUT2D eigenvalue weighted by Crippen LogP contribution is 2.28. The first kappa shape index (κ1) is 24.5. The van der Waals surface area contributed by atoms with Crippen molar-refractivity contribution in [3.05, 3.63) is 53.9 Å². The van der Waals surface area contributed by atoms with Crippen LogP contribution in [0.2, 0.25) is 0 Å². The van der Waals surface area contributed by atoms with Crippen molar-refractivity contribution in [1.82, 2.24) is 14.9 Å². The molecule has 2 aromatic carbocycles. The summed E-state index contributed by atoms with van der Waals surface area (Å²) < 4.78 is 10.7. The second-order valence-corrected chi connectivity index (χ2v) is 8.11. The number of methoxy groups -OCH3 is 2. The molecule has 0 bridgehead atoms. The number of aromatic nitrogens is 2. The molecule has 0 saturated heterocycles. The Morgan fingerprint density at radius 3 is 2.45 bits per heavy atom. The van der Waals surface area contributed by atoms with Gasteiger partial charge in [-0.15, -0.1) is 0 Å². The number of nitrogens with one attached hydrogen (secondary N) is 1. The summed E-state index contributed by atoms with van der Waals surface area (Å²) in [5.41, 5.74) is 1.92. The molecular weight excluding hydrogens is 412 g/mol. The maximum atomic E-state index is 5.41. The average Bonchev–Trinajstić information content (AvgIpc) is 2.85. The number of fused-ring (bicyclic) bond motifs is 1. The van der Waals surface area contributed by atoms with Crippen LogP contribution >= 0.6 is 0 Å². The van der Waals surface area contributed by atoms with E-state index in [1.165, 1.54) is 0 Å². The van der Waals surface area contributed by atoms with Crippen LogP contribution in [-0.2, 0) is 0 Å². The first-order valence-electron chi connectivity index (χ1n) is 11.7. The number of rotatable bonds is 12. The minimum Gasteiger partial charge on any atom is -0.493 e. The summed E-state index contributed by atoms with van der Waals surface area (Å²) in [5.74, 6) is 2.95. The van der Waals surface area contributed by atoms with Crippen LogP contribution in [0.5, 0.6) is 11.5 Å². The third kappa shape index (κ3) is 6.68. The van der Waals surface area contributed by atoms with E-state index < -0.39 is 0 Å². The quantitative estimate of drug-likeness (QED) is 0.381. The molecule has 33 heavy (non-hydrogen) atoms.